The molecule has 2 heterocycles. The van der Waals surface area contributed by atoms with Crippen LogP contribution in [0, 0.1) is 0 Å². The number of aliphatic hydroxyl groups is 1. The number of carbonyl (C=O) groups is 1. The van der Waals surface area contributed by atoms with Crippen molar-refractivity contribution in [2.45, 2.75) is 18.6 Å². The zero-order valence-corrected chi connectivity index (χ0v) is 14.4. The van der Waals surface area contributed by atoms with Crippen LogP contribution in [0.15, 0.2) is 30.3 Å². The Hall–Kier alpha value is -1.63. The molecule has 2 atom stereocenters. The van der Waals surface area contributed by atoms with Gasteiger partial charge in [0.25, 0.3) is 0 Å². The highest BCUT2D eigenvalue weighted by Gasteiger charge is 2.38. The molecule has 2 aliphatic rings. The van der Waals surface area contributed by atoms with E-state index in [1.807, 2.05) is 18.2 Å². The number of aliphatic hydroxyl groups excluding tert-OH is 1. The number of benzene rings is 1. The van der Waals surface area contributed by atoms with Gasteiger partial charge in [-0.25, -0.2) is 4.79 Å². The summed E-state index contributed by atoms with van der Waals surface area (Å²) < 4.78 is 0. The van der Waals surface area contributed by atoms with E-state index >= 15 is 0 Å². The van der Waals surface area contributed by atoms with E-state index in [9.17, 15) is 9.90 Å². The molecule has 2 aliphatic heterocycles. The number of likely N-dealkylation sites (tertiary alicyclic amines) is 1. The number of urea groups is 1. The minimum atomic E-state index is -0.451. The topological polar surface area (TPSA) is 59.0 Å². The zero-order chi connectivity index (χ0) is 16.9. The second-order valence-corrected chi connectivity index (χ2v) is 6.85. The molecule has 6 nitrogen and oxygen atoms in total. The lowest BCUT2D eigenvalue weighted by Crippen LogP contribution is -2.52. The van der Waals surface area contributed by atoms with Crippen molar-refractivity contribution in [2.75, 3.05) is 52.9 Å². The number of piperazine rings is 1. The summed E-state index contributed by atoms with van der Waals surface area (Å²) in [5.74, 6) is 0. The molecule has 0 unspecified atom stereocenters. The van der Waals surface area contributed by atoms with Crippen molar-refractivity contribution in [1.82, 2.24) is 20.0 Å². The Kier molecular flexibility index (Phi) is 5.71. The minimum Gasteiger partial charge on any atom is -0.390 e. The van der Waals surface area contributed by atoms with E-state index in [2.05, 4.69) is 34.3 Å². The third-order valence-electron chi connectivity index (χ3n) is 5.09. The molecule has 2 saturated heterocycles. The Balaban J connectivity index is 1.44. The second kappa shape index (κ2) is 7.96. The molecule has 2 amide bonds. The molecule has 0 aromatic heterocycles. The van der Waals surface area contributed by atoms with Gasteiger partial charge in [0.15, 0.2) is 0 Å². The van der Waals surface area contributed by atoms with E-state index < -0.39 is 6.10 Å². The Labute approximate surface area is 144 Å². The van der Waals surface area contributed by atoms with E-state index in [1.54, 1.807) is 4.90 Å². The van der Waals surface area contributed by atoms with Crippen LogP contribution >= 0.6 is 0 Å². The molecule has 1 aromatic carbocycles. The molecular weight excluding hydrogens is 304 g/mol. The van der Waals surface area contributed by atoms with Crippen LogP contribution in [0.25, 0.3) is 0 Å². The number of carbonyl (C=O) groups excluding carboxylic acids is 1. The quantitative estimate of drug-likeness (QED) is 0.829. The number of likely N-dealkylation sites (N-methyl/N-ethyl adjacent to an activating group) is 1. The van der Waals surface area contributed by atoms with Gasteiger partial charge in [-0.15, -0.1) is 0 Å². The summed E-state index contributed by atoms with van der Waals surface area (Å²) in [4.78, 5) is 18.7. The van der Waals surface area contributed by atoms with Crippen molar-refractivity contribution in [1.29, 1.82) is 0 Å². The number of amides is 2. The average Bonchev–Trinajstić information content (AvgIpc) is 2.98. The molecule has 2 fully saturated rings. The van der Waals surface area contributed by atoms with Gasteiger partial charge in [-0.2, -0.15) is 0 Å². The summed E-state index contributed by atoms with van der Waals surface area (Å²) in [6, 6.07) is 10.1. The minimum absolute atomic E-state index is 0.0680. The van der Waals surface area contributed by atoms with Crippen LogP contribution in [0.3, 0.4) is 0 Å². The number of nitrogens with one attached hydrogen (secondary N) is 1. The van der Waals surface area contributed by atoms with Crippen molar-refractivity contribution >= 4 is 6.03 Å². The smallest absolute Gasteiger partial charge is 0.317 e. The monoisotopic (exact) mass is 332 g/mol. The van der Waals surface area contributed by atoms with Gasteiger partial charge in [-0.1, -0.05) is 30.3 Å². The van der Waals surface area contributed by atoms with Gasteiger partial charge in [0, 0.05) is 45.8 Å². The van der Waals surface area contributed by atoms with Crippen LogP contribution in [0.4, 0.5) is 4.79 Å². The number of β-amino-alcohol motifs (C(OH)–C–C–N with tert-alkyl or cyclic N) is 1. The normalized spacial score (nSPS) is 25.8. The maximum atomic E-state index is 12.3. The number of hydrogen-bond acceptors (Lipinski definition) is 4. The predicted molar refractivity (Wildman–Crippen MR) is 94.0 cm³/mol. The molecule has 3 rings (SSSR count). The van der Waals surface area contributed by atoms with Crippen LogP contribution in [0.5, 0.6) is 0 Å². The summed E-state index contributed by atoms with van der Waals surface area (Å²) in [7, 11) is 2.12. The molecule has 0 saturated carbocycles. The summed E-state index contributed by atoms with van der Waals surface area (Å²) >= 11 is 0. The first kappa shape index (κ1) is 17.2. The Morgan fingerprint density at radius 3 is 2.58 bits per heavy atom. The Bertz CT molecular complexity index is 531. The van der Waals surface area contributed by atoms with Crippen molar-refractivity contribution in [3.05, 3.63) is 35.9 Å². The van der Waals surface area contributed by atoms with E-state index in [0.717, 1.165) is 32.6 Å². The highest BCUT2D eigenvalue weighted by Crippen LogP contribution is 2.18. The summed E-state index contributed by atoms with van der Waals surface area (Å²) in [6.07, 6.45) is 0.374. The highest BCUT2D eigenvalue weighted by molar-refractivity contribution is 5.74. The zero-order valence-electron chi connectivity index (χ0n) is 14.4. The van der Waals surface area contributed by atoms with Gasteiger partial charge in [-0.3, -0.25) is 4.90 Å². The van der Waals surface area contributed by atoms with Crippen LogP contribution in [-0.4, -0.2) is 90.8 Å². The summed E-state index contributed by atoms with van der Waals surface area (Å²) in [6.45, 7) is 5.62. The molecule has 1 aromatic rings. The number of nitrogens with zero attached hydrogens (tertiary/aromatic N) is 3. The fourth-order valence-electron chi connectivity index (χ4n) is 3.52. The lowest BCUT2D eigenvalue weighted by molar-refractivity contribution is 0.0512. The number of rotatable bonds is 4. The van der Waals surface area contributed by atoms with Crippen LogP contribution < -0.4 is 5.32 Å². The first-order chi connectivity index (χ1) is 11.6. The second-order valence-electron chi connectivity index (χ2n) is 6.85. The number of hydrogen-bond donors (Lipinski definition) is 2. The van der Waals surface area contributed by atoms with Gasteiger partial charge in [0.05, 0.1) is 12.1 Å². The van der Waals surface area contributed by atoms with E-state index in [0.29, 0.717) is 19.6 Å². The fraction of sp³-hybridized carbons (Fsp3) is 0.611. The Morgan fingerprint density at radius 2 is 1.88 bits per heavy atom. The molecule has 2 N–H and O–H groups in total. The molecule has 0 bridgehead atoms. The maximum absolute atomic E-state index is 12.3. The largest absolute Gasteiger partial charge is 0.390 e. The van der Waals surface area contributed by atoms with Crippen molar-refractivity contribution in [2.24, 2.45) is 0 Å². The van der Waals surface area contributed by atoms with Crippen LogP contribution in [0.1, 0.15) is 5.56 Å². The lowest BCUT2D eigenvalue weighted by Gasteiger charge is -2.37. The molecule has 0 spiro atoms. The van der Waals surface area contributed by atoms with Crippen molar-refractivity contribution in [3.8, 4) is 0 Å². The van der Waals surface area contributed by atoms with Crippen molar-refractivity contribution in [3.63, 3.8) is 0 Å². The summed E-state index contributed by atoms with van der Waals surface area (Å²) in [5.41, 5.74) is 1.22. The lowest BCUT2D eigenvalue weighted by atomic mass is 10.1. The molecule has 24 heavy (non-hydrogen) atoms. The van der Waals surface area contributed by atoms with Gasteiger partial charge >= 0.3 is 6.03 Å². The SMILES string of the molecule is CN1CCN([C@H]2CN(C(=O)NCCc3ccccc3)C[C@@H]2O)CC1. The molecule has 0 radical (unpaired) electrons. The van der Waals surface area contributed by atoms with Crippen molar-refractivity contribution < 1.29 is 9.90 Å². The first-order valence-electron chi connectivity index (χ1n) is 8.81. The Morgan fingerprint density at radius 1 is 1.17 bits per heavy atom. The average molecular weight is 332 g/mol. The maximum Gasteiger partial charge on any atom is 0.317 e. The standard InChI is InChI=1S/C18H28N4O2/c1-20-9-11-21(12-10-20)16-13-22(14-17(16)23)18(24)19-8-7-15-5-3-2-4-6-15/h2-6,16-17,23H,7-14H2,1H3,(H,19,24)/t16-,17-/m0/s1. The van der Waals surface area contributed by atoms with Gasteiger partial charge in [0.1, 0.15) is 0 Å². The van der Waals surface area contributed by atoms with Crippen LogP contribution in [0.2, 0.25) is 0 Å². The third-order valence-corrected chi connectivity index (χ3v) is 5.09. The summed E-state index contributed by atoms with van der Waals surface area (Å²) in [5, 5.41) is 13.3. The van der Waals surface area contributed by atoms with Gasteiger partial charge in [0.2, 0.25) is 0 Å². The van der Waals surface area contributed by atoms with E-state index in [1.165, 1.54) is 5.56 Å². The van der Waals surface area contributed by atoms with Gasteiger partial charge in [-0.05, 0) is 19.0 Å². The predicted octanol–water partition coefficient (Wildman–Crippen LogP) is 0.231. The third kappa shape index (κ3) is 4.26. The molecule has 0 aliphatic carbocycles. The molecular formula is C18H28N4O2. The molecule has 6 heteroatoms. The highest BCUT2D eigenvalue weighted by atomic mass is 16.3. The van der Waals surface area contributed by atoms with Crippen LogP contribution in [-0.2, 0) is 6.42 Å². The van der Waals surface area contributed by atoms with Gasteiger partial charge < -0.3 is 20.2 Å². The van der Waals surface area contributed by atoms with E-state index in [-0.39, 0.29) is 12.1 Å². The molecule has 132 valence electrons. The van der Waals surface area contributed by atoms with E-state index in [4.69, 9.17) is 0 Å². The first-order valence-corrected chi connectivity index (χ1v) is 8.81. The fourth-order valence-corrected chi connectivity index (χ4v) is 3.52.